The minimum Gasteiger partial charge on any atom is -0.333 e. The number of anilines is 4. The summed E-state index contributed by atoms with van der Waals surface area (Å²) in [6.07, 6.45) is 23.1. The largest absolute Gasteiger partial charge is 0.333 e. The van der Waals surface area contributed by atoms with Gasteiger partial charge in [-0.2, -0.15) is 0 Å². The fourth-order valence-electron chi connectivity index (χ4n) is 8.93. The van der Waals surface area contributed by atoms with E-state index in [1.54, 1.807) is 0 Å². The van der Waals surface area contributed by atoms with E-state index in [1.807, 2.05) is 0 Å². The van der Waals surface area contributed by atoms with Crippen molar-refractivity contribution in [2.24, 2.45) is 5.92 Å². The molecule has 0 amide bonds. The smallest absolute Gasteiger partial charge is 0.0632 e. The number of nitrogens with zero attached hydrogens (tertiary/aromatic N) is 2. The van der Waals surface area contributed by atoms with Crippen molar-refractivity contribution in [2.75, 3.05) is 9.80 Å². The van der Waals surface area contributed by atoms with Gasteiger partial charge in [0, 0.05) is 34.2 Å². The van der Waals surface area contributed by atoms with Crippen molar-refractivity contribution in [1.29, 1.82) is 0 Å². The first-order valence-electron chi connectivity index (χ1n) is 20.0. The normalized spacial score (nSPS) is 18.3. The Morgan fingerprint density at radius 1 is 0.571 bits per heavy atom. The summed E-state index contributed by atoms with van der Waals surface area (Å²) in [5.41, 5.74) is 17.9. The summed E-state index contributed by atoms with van der Waals surface area (Å²) in [7, 11) is 0. The van der Waals surface area contributed by atoms with Gasteiger partial charge in [-0.05, 0) is 113 Å². The molecule has 0 radical (unpaired) electrons. The van der Waals surface area contributed by atoms with Crippen molar-refractivity contribution in [3.63, 3.8) is 0 Å². The molecule has 0 bridgehead atoms. The molecule has 1 heterocycles. The maximum atomic E-state index is 2.56. The summed E-state index contributed by atoms with van der Waals surface area (Å²) in [6, 6.07) is 57.7. The monoisotopic (exact) mass is 720 g/mol. The van der Waals surface area contributed by atoms with Gasteiger partial charge in [0.05, 0.1) is 11.7 Å². The molecule has 3 aliphatic carbocycles. The van der Waals surface area contributed by atoms with Gasteiger partial charge >= 0.3 is 0 Å². The van der Waals surface area contributed by atoms with E-state index in [0.717, 1.165) is 31.4 Å². The van der Waals surface area contributed by atoms with Crippen LogP contribution < -0.4 is 9.80 Å². The second-order valence-electron chi connectivity index (χ2n) is 15.1. The molecule has 0 N–H and O–H groups in total. The van der Waals surface area contributed by atoms with Gasteiger partial charge in [-0.25, -0.2) is 0 Å². The van der Waals surface area contributed by atoms with Crippen LogP contribution in [0.1, 0.15) is 36.8 Å². The first kappa shape index (κ1) is 33.9. The highest BCUT2D eigenvalue weighted by atomic mass is 15.2. The van der Waals surface area contributed by atoms with Crippen LogP contribution in [0, 0.1) is 5.92 Å². The SMILES string of the molecule is C1=CCC2C(=C1)c1ccc(N(C3=CCC(C4=CCCC(c5ccccc5)=C4)C=C3)c3ccccc3)cc1N2c1ccc(-c2ccc(-c3ccccc3)cc2)cc1. The molecule has 2 heteroatoms. The Balaban J connectivity index is 0.960. The Morgan fingerprint density at radius 3 is 1.89 bits per heavy atom. The quantitative estimate of drug-likeness (QED) is 0.154. The van der Waals surface area contributed by atoms with E-state index in [0.29, 0.717) is 5.92 Å². The molecule has 0 saturated carbocycles. The van der Waals surface area contributed by atoms with Gasteiger partial charge in [-0.3, -0.25) is 0 Å². The fourth-order valence-corrected chi connectivity index (χ4v) is 8.93. The van der Waals surface area contributed by atoms with Gasteiger partial charge in [-0.15, -0.1) is 0 Å². The first-order valence-corrected chi connectivity index (χ1v) is 20.0. The third kappa shape index (κ3) is 6.48. The molecule has 0 spiro atoms. The van der Waals surface area contributed by atoms with Gasteiger partial charge in [0.2, 0.25) is 0 Å². The maximum Gasteiger partial charge on any atom is 0.0632 e. The predicted molar refractivity (Wildman–Crippen MR) is 237 cm³/mol. The lowest BCUT2D eigenvalue weighted by Crippen LogP contribution is -2.27. The molecule has 6 aromatic carbocycles. The lowest BCUT2D eigenvalue weighted by molar-refractivity contribution is 0.764. The van der Waals surface area contributed by atoms with Gasteiger partial charge < -0.3 is 9.80 Å². The maximum absolute atomic E-state index is 2.56. The molecule has 4 aliphatic rings. The molecule has 10 rings (SSSR count). The highest BCUT2D eigenvalue weighted by molar-refractivity contribution is 5.95. The Morgan fingerprint density at radius 2 is 1.21 bits per heavy atom. The lowest BCUT2D eigenvalue weighted by Gasteiger charge is -2.31. The number of allylic oxidation sites excluding steroid dienone is 9. The molecule has 56 heavy (non-hydrogen) atoms. The second kappa shape index (κ2) is 14.9. The number of benzene rings is 6. The van der Waals surface area contributed by atoms with Crippen molar-refractivity contribution in [3.05, 3.63) is 229 Å². The van der Waals surface area contributed by atoms with E-state index in [4.69, 9.17) is 0 Å². The molecular formula is C54H44N2. The van der Waals surface area contributed by atoms with Crippen LogP contribution in [0.2, 0.25) is 0 Å². The van der Waals surface area contributed by atoms with Crippen LogP contribution in [0.15, 0.2) is 218 Å². The predicted octanol–water partition coefficient (Wildman–Crippen LogP) is 14.3. The molecule has 0 saturated heterocycles. The zero-order valence-corrected chi connectivity index (χ0v) is 31.5. The van der Waals surface area contributed by atoms with Crippen molar-refractivity contribution < 1.29 is 0 Å². The topological polar surface area (TPSA) is 6.48 Å². The van der Waals surface area contributed by atoms with E-state index >= 15 is 0 Å². The highest BCUT2D eigenvalue weighted by Gasteiger charge is 2.35. The first-order chi connectivity index (χ1) is 27.8. The lowest BCUT2D eigenvalue weighted by atomic mass is 9.84. The molecule has 0 fully saturated rings. The van der Waals surface area contributed by atoms with Crippen LogP contribution in [0.5, 0.6) is 0 Å². The number of para-hydroxylation sites is 1. The Kier molecular flexibility index (Phi) is 9.01. The zero-order valence-electron chi connectivity index (χ0n) is 31.5. The van der Waals surface area contributed by atoms with Crippen LogP contribution in [-0.2, 0) is 0 Å². The molecule has 2 unspecified atom stereocenters. The standard InChI is InChI=1S/C54H44N2/c1-4-13-39(14-5-1)41-23-25-42(26-24-41)43-27-33-49(34-28-43)56-53-22-11-10-21-51(53)52-36-35-50(38-54(52)56)55(47-19-8-3-9-20-47)48-31-29-44(30-32-48)46-18-12-17-45(37-46)40-15-6-2-7-16-40/h1-11,13-16,18-21,23-29,31-38,44,53H,12,17,22,30H2. The summed E-state index contributed by atoms with van der Waals surface area (Å²) in [4.78, 5) is 5.00. The van der Waals surface area contributed by atoms with Gasteiger partial charge in [0.1, 0.15) is 0 Å². The summed E-state index contributed by atoms with van der Waals surface area (Å²) in [5.74, 6) is 0.373. The van der Waals surface area contributed by atoms with E-state index in [-0.39, 0.29) is 6.04 Å². The number of hydrogen-bond donors (Lipinski definition) is 0. The number of fused-ring (bicyclic) bond motifs is 3. The average Bonchev–Trinajstić information content (AvgIpc) is 3.61. The van der Waals surface area contributed by atoms with Crippen molar-refractivity contribution in [3.8, 4) is 22.3 Å². The third-order valence-electron chi connectivity index (χ3n) is 11.8. The summed E-state index contributed by atoms with van der Waals surface area (Å²) in [5, 5.41) is 0. The molecule has 1 aliphatic heterocycles. The average molecular weight is 721 g/mol. The summed E-state index contributed by atoms with van der Waals surface area (Å²) >= 11 is 0. The van der Waals surface area contributed by atoms with Crippen LogP contribution in [0.25, 0.3) is 33.4 Å². The minimum atomic E-state index is 0.263. The molecule has 0 aromatic heterocycles. The second-order valence-corrected chi connectivity index (χ2v) is 15.1. The Labute approximate surface area is 331 Å². The van der Waals surface area contributed by atoms with E-state index in [2.05, 4.69) is 216 Å². The minimum absolute atomic E-state index is 0.263. The highest BCUT2D eigenvalue weighted by Crippen LogP contribution is 2.50. The van der Waals surface area contributed by atoms with E-state index in [9.17, 15) is 0 Å². The molecule has 2 nitrogen and oxygen atoms in total. The van der Waals surface area contributed by atoms with E-state index in [1.165, 1.54) is 72.9 Å². The summed E-state index contributed by atoms with van der Waals surface area (Å²) < 4.78 is 0. The Bertz CT molecular complexity index is 2550. The van der Waals surface area contributed by atoms with Gasteiger partial charge in [0.15, 0.2) is 0 Å². The number of hydrogen-bond acceptors (Lipinski definition) is 2. The fraction of sp³-hybridized carbons (Fsp3) is 0.111. The van der Waals surface area contributed by atoms with Gasteiger partial charge in [0.25, 0.3) is 0 Å². The molecule has 270 valence electrons. The third-order valence-corrected chi connectivity index (χ3v) is 11.8. The van der Waals surface area contributed by atoms with Crippen molar-refractivity contribution in [1.82, 2.24) is 0 Å². The molecule has 2 atom stereocenters. The van der Waals surface area contributed by atoms with Gasteiger partial charge in [-0.1, -0.05) is 164 Å². The van der Waals surface area contributed by atoms with E-state index < -0.39 is 0 Å². The van der Waals surface area contributed by atoms with Crippen LogP contribution in [-0.4, -0.2) is 6.04 Å². The Hall–Kier alpha value is -6.64. The molecule has 6 aromatic rings. The number of rotatable bonds is 8. The molecular weight excluding hydrogens is 677 g/mol. The summed E-state index contributed by atoms with van der Waals surface area (Å²) in [6.45, 7) is 0. The van der Waals surface area contributed by atoms with Crippen LogP contribution >= 0.6 is 0 Å². The van der Waals surface area contributed by atoms with Crippen molar-refractivity contribution in [2.45, 2.75) is 31.7 Å². The zero-order chi connectivity index (χ0) is 37.3. The van der Waals surface area contributed by atoms with Crippen molar-refractivity contribution >= 4 is 33.9 Å². The van der Waals surface area contributed by atoms with Crippen LogP contribution in [0.3, 0.4) is 0 Å². The van der Waals surface area contributed by atoms with Crippen LogP contribution in [0.4, 0.5) is 22.7 Å².